The number of hydrogen-bond donors (Lipinski definition) is 0. The molecule has 108 valence electrons. The Morgan fingerprint density at radius 2 is 2.05 bits per heavy atom. The minimum absolute atomic E-state index is 0.0347. The van der Waals surface area contributed by atoms with E-state index in [4.69, 9.17) is 11.6 Å². The summed E-state index contributed by atoms with van der Waals surface area (Å²) in [6, 6.07) is 4.90. The van der Waals surface area contributed by atoms with Gasteiger partial charge in [0.1, 0.15) is 0 Å². The quantitative estimate of drug-likeness (QED) is 0.671. The van der Waals surface area contributed by atoms with Gasteiger partial charge in [0.15, 0.2) is 0 Å². The van der Waals surface area contributed by atoms with Crippen molar-refractivity contribution in [2.24, 2.45) is 0 Å². The number of nitrogens with zero attached hydrogens (tertiary/aromatic N) is 1. The van der Waals surface area contributed by atoms with E-state index in [1.54, 1.807) is 18.2 Å². The molecule has 0 unspecified atom stereocenters. The third kappa shape index (κ3) is 3.17. The second kappa shape index (κ2) is 5.77. The number of hydrogen-bond acceptors (Lipinski definition) is 1. The van der Waals surface area contributed by atoms with E-state index in [0.29, 0.717) is 4.47 Å². The Labute approximate surface area is 127 Å². The van der Waals surface area contributed by atoms with Crippen molar-refractivity contribution in [3.05, 3.63) is 44.9 Å². The van der Waals surface area contributed by atoms with Crippen molar-refractivity contribution < 1.29 is 18.0 Å². The van der Waals surface area contributed by atoms with Gasteiger partial charge in [-0.3, -0.25) is 4.79 Å². The van der Waals surface area contributed by atoms with Gasteiger partial charge in [0.25, 0.3) is 5.91 Å². The van der Waals surface area contributed by atoms with Crippen LogP contribution in [0.15, 0.2) is 34.3 Å². The minimum atomic E-state index is -4.32. The number of benzene rings is 1. The van der Waals surface area contributed by atoms with Gasteiger partial charge in [0.05, 0.1) is 10.6 Å². The van der Waals surface area contributed by atoms with Gasteiger partial charge in [-0.1, -0.05) is 23.7 Å². The highest BCUT2D eigenvalue weighted by Crippen LogP contribution is 2.31. The summed E-state index contributed by atoms with van der Waals surface area (Å²) in [6.45, 7) is -0.0243. The van der Waals surface area contributed by atoms with E-state index in [-0.39, 0.29) is 36.0 Å². The number of carbonyl (C=O) groups excluding carboxylic acids is 1. The third-order valence-electron chi connectivity index (χ3n) is 3.04. The highest BCUT2D eigenvalue weighted by molar-refractivity contribution is 9.10. The zero-order valence-electron chi connectivity index (χ0n) is 10.2. The van der Waals surface area contributed by atoms with Crippen LogP contribution in [0.25, 0.3) is 0 Å². The van der Waals surface area contributed by atoms with Gasteiger partial charge < -0.3 is 4.90 Å². The summed E-state index contributed by atoms with van der Waals surface area (Å²) >= 11 is 9.23. The molecule has 2 rings (SSSR count). The van der Waals surface area contributed by atoms with Crippen molar-refractivity contribution in [1.82, 2.24) is 4.90 Å². The molecule has 7 heteroatoms. The first-order valence-electron chi connectivity index (χ1n) is 5.80. The molecular formula is C13H10BrClF3NO. The van der Waals surface area contributed by atoms with Crippen molar-refractivity contribution in [1.29, 1.82) is 0 Å². The van der Waals surface area contributed by atoms with Crippen molar-refractivity contribution in [2.75, 3.05) is 13.1 Å². The van der Waals surface area contributed by atoms with Gasteiger partial charge in [-0.05, 0) is 34.5 Å². The second-order valence-electron chi connectivity index (χ2n) is 4.33. The van der Waals surface area contributed by atoms with Crippen LogP contribution in [0, 0.1) is 0 Å². The van der Waals surface area contributed by atoms with Crippen molar-refractivity contribution >= 4 is 33.4 Å². The number of rotatable bonds is 1. The van der Waals surface area contributed by atoms with Gasteiger partial charge in [0, 0.05) is 23.1 Å². The molecule has 1 heterocycles. The number of alkyl halides is 3. The molecule has 20 heavy (non-hydrogen) atoms. The monoisotopic (exact) mass is 367 g/mol. The van der Waals surface area contributed by atoms with Crippen LogP contribution in [0.3, 0.4) is 0 Å². The maximum Gasteiger partial charge on any atom is 0.412 e. The van der Waals surface area contributed by atoms with Crippen molar-refractivity contribution in [3.8, 4) is 0 Å². The fraction of sp³-hybridized carbons (Fsp3) is 0.308. The summed E-state index contributed by atoms with van der Waals surface area (Å²) in [5, 5.41) is 0.267. The Hall–Kier alpha value is -1.01. The summed E-state index contributed by atoms with van der Waals surface area (Å²) < 4.78 is 38.1. The fourth-order valence-electron chi connectivity index (χ4n) is 1.95. The number of carbonyl (C=O) groups is 1. The molecule has 0 aromatic heterocycles. The van der Waals surface area contributed by atoms with Crippen LogP contribution in [0.2, 0.25) is 5.02 Å². The summed E-state index contributed by atoms with van der Waals surface area (Å²) in [6.07, 6.45) is -3.46. The van der Waals surface area contributed by atoms with Crippen LogP contribution >= 0.6 is 27.5 Å². The zero-order chi connectivity index (χ0) is 14.9. The molecule has 1 aromatic rings. The van der Waals surface area contributed by atoms with E-state index >= 15 is 0 Å². The van der Waals surface area contributed by atoms with Crippen molar-refractivity contribution in [2.45, 2.75) is 12.6 Å². The first-order valence-corrected chi connectivity index (χ1v) is 6.97. The van der Waals surface area contributed by atoms with Gasteiger partial charge in [-0.2, -0.15) is 13.2 Å². The molecule has 0 spiro atoms. The Kier molecular flexibility index (Phi) is 4.44. The molecule has 2 nitrogen and oxygen atoms in total. The molecule has 1 aromatic carbocycles. The van der Waals surface area contributed by atoms with Crippen LogP contribution in [0.5, 0.6) is 0 Å². The first-order chi connectivity index (χ1) is 9.30. The van der Waals surface area contributed by atoms with E-state index in [0.717, 1.165) is 6.08 Å². The Morgan fingerprint density at radius 1 is 1.35 bits per heavy atom. The summed E-state index contributed by atoms with van der Waals surface area (Å²) in [5.41, 5.74) is -0.299. The fourth-order valence-corrected chi connectivity index (χ4v) is 2.52. The van der Waals surface area contributed by atoms with Crippen molar-refractivity contribution in [3.63, 3.8) is 0 Å². The molecule has 1 aliphatic rings. The molecule has 0 saturated carbocycles. The van der Waals surface area contributed by atoms with Crippen LogP contribution < -0.4 is 0 Å². The number of amides is 1. The molecule has 0 bridgehead atoms. The van der Waals surface area contributed by atoms with Crippen LogP contribution in [-0.2, 0) is 0 Å². The molecule has 0 fully saturated rings. The highest BCUT2D eigenvalue weighted by Gasteiger charge is 2.35. The molecule has 0 radical (unpaired) electrons. The Morgan fingerprint density at radius 3 is 2.60 bits per heavy atom. The third-order valence-corrected chi connectivity index (χ3v) is 4.34. The predicted octanol–water partition coefficient (Wildman–Crippen LogP) is 4.44. The minimum Gasteiger partial charge on any atom is -0.335 e. The van der Waals surface area contributed by atoms with E-state index in [1.807, 2.05) is 0 Å². The normalized spacial score (nSPS) is 16.1. The van der Waals surface area contributed by atoms with E-state index < -0.39 is 11.7 Å². The van der Waals surface area contributed by atoms with Gasteiger partial charge in [0.2, 0.25) is 0 Å². The average Bonchev–Trinajstić information content (AvgIpc) is 2.40. The smallest absolute Gasteiger partial charge is 0.335 e. The van der Waals surface area contributed by atoms with Gasteiger partial charge >= 0.3 is 6.18 Å². The van der Waals surface area contributed by atoms with E-state index in [9.17, 15) is 18.0 Å². The Bertz CT molecular complexity index is 571. The van der Waals surface area contributed by atoms with Crippen LogP contribution in [0.4, 0.5) is 13.2 Å². The molecular weight excluding hydrogens is 359 g/mol. The molecule has 0 saturated heterocycles. The molecule has 1 amide bonds. The van der Waals surface area contributed by atoms with E-state index in [1.165, 1.54) is 4.90 Å². The van der Waals surface area contributed by atoms with Gasteiger partial charge in [-0.15, -0.1) is 0 Å². The summed E-state index contributed by atoms with van der Waals surface area (Å²) in [7, 11) is 0. The lowest BCUT2D eigenvalue weighted by molar-refractivity contribution is -0.0957. The topological polar surface area (TPSA) is 20.3 Å². The molecule has 0 aliphatic carbocycles. The Balaban J connectivity index is 2.17. The zero-order valence-corrected chi connectivity index (χ0v) is 12.5. The molecule has 1 aliphatic heterocycles. The van der Waals surface area contributed by atoms with Crippen LogP contribution in [-0.4, -0.2) is 30.1 Å². The lowest BCUT2D eigenvalue weighted by atomic mass is 10.1. The summed E-state index contributed by atoms with van der Waals surface area (Å²) in [5.74, 6) is -0.367. The SMILES string of the molecule is O=C(c1cccc(Br)c1Cl)N1CC=C(C(F)(F)F)CC1. The lowest BCUT2D eigenvalue weighted by Crippen LogP contribution is -2.36. The van der Waals surface area contributed by atoms with Crippen LogP contribution in [0.1, 0.15) is 16.8 Å². The number of halogens is 5. The predicted molar refractivity (Wildman–Crippen MR) is 73.8 cm³/mol. The second-order valence-corrected chi connectivity index (χ2v) is 5.56. The average molecular weight is 369 g/mol. The van der Waals surface area contributed by atoms with E-state index in [2.05, 4.69) is 15.9 Å². The standard InChI is InChI=1S/C13H10BrClF3NO/c14-10-3-1-2-9(11(10)15)12(20)19-6-4-8(5-7-19)13(16,17)18/h1-4H,5-7H2. The summed E-state index contributed by atoms with van der Waals surface area (Å²) in [4.78, 5) is 13.6. The maximum absolute atomic E-state index is 12.5. The first kappa shape index (κ1) is 15.4. The molecule has 0 atom stereocenters. The lowest BCUT2D eigenvalue weighted by Gasteiger charge is -2.27. The van der Waals surface area contributed by atoms with Gasteiger partial charge in [-0.25, -0.2) is 0 Å². The largest absolute Gasteiger partial charge is 0.412 e. The maximum atomic E-state index is 12.5. The molecule has 0 N–H and O–H groups in total. The highest BCUT2D eigenvalue weighted by atomic mass is 79.9.